The summed E-state index contributed by atoms with van der Waals surface area (Å²) in [6.07, 6.45) is 34.1. The number of hydrogen-bond donors (Lipinski definition) is 0. The van der Waals surface area contributed by atoms with E-state index in [1.165, 1.54) is 141 Å². The molecule has 0 saturated carbocycles. The third-order valence-corrected chi connectivity index (χ3v) is 9.12. The predicted molar refractivity (Wildman–Crippen MR) is 198 cm³/mol. The molecule has 0 heterocycles. The normalized spacial score (nSPS) is 12.4. The van der Waals surface area contributed by atoms with E-state index in [0.717, 1.165) is 37.5 Å². The summed E-state index contributed by atoms with van der Waals surface area (Å²) in [6.45, 7) is 9.98. The minimum absolute atomic E-state index is 0.151. The van der Waals surface area contributed by atoms with Crippen LogP contribution in [0.25, 0.3) is 0 Å². The topological polar surface area (TPSA) is 55.8 Å². The Morgan fingerprint density at radius 3 is 1.09 bits per heavy atom. The van der Waals surface area contributed by atoms with Crippen molar-refractivity contribution in [2.24, 2.45) is 11.8 Å². The van der Waals surface area contributed by atoms with Crippen LogP contribution in [0.15, 0.2) is 0 Å². The van der Waals surface area contributed by atoms with E-state index >= 15 is 0 Å². The number of ether oxygens (including phenoxy) is 2. The Balaban J connectivity index is 3.72. The molecule has 0 aromatic carbocycles. The quantitative estimate of drug-likeness (QED) is 0.0504. The minimum Gasteiger partial charge on any atom is -0.462 e. The van der Waals surface area contributed by atoms with Crippen LogP contribution in [0, 0.1) is 11.8 Å². The maximum absolute atomic E-state index is 12.5. The van der Waals surface area contributed by atoms with Crippen LogP contribution < -0.4 is 0 Å². The second-order valence-electron chi connectivity index (χ2n) is 15.4. The summed E-state index contributed by atoms with van der Waals surface area (Å²) in [5.74, 6) is 1.36. The second-order valence-corrected chi connectivity index (χ2v) is 15.4. The van der Waals surface area contributed by atoms with Gasteiger partial charge in [0.1, 0.15) is 12.7 Å². The maximum Gasteiger partial charge on any atom is 0.306 e. The van der Waals surface area contributed by atoms with Crippen molar-refractivity contribution in [1.82, 2.24) is 4.90 Å². The molecule has 1 unspecified atom stereocenters. The van der Waals surface area contributed by atoms with Gasteiger partial charge in [0.05, 0.1) is 0 Å². The fraction of sp³-hybridized carbons (Fsp3) is 0.951. The van der Waals surface area contributed by atoms with Crippen molar-refractivity contribution in [3.63, 3.8) is 0 Å². The summed E-state index contributed by atoms with van der Waals surface area (Å²) in [7, 11) is 3.90. The molecule has 0 amide bonds. The molecule has 0 saturated heterocycles. The van der Waals surface area contributed by atoms with Crippen molar-refractivity contribution in [3.8, 4) is 0 Å². The maximum atomic E-state index is 12.5. The van der Waals surface area contributed by atoms with E-state index in [1.807, 2.05) is 19.0 Å². The molecular formula is C41H81NO4. The zero-order valence-corrected chi connectivity index (χ0v) is 32.0. The van der Waals surface area contributed by atoms with Crippen molar-refractivity contribution in [3.05, 3.63) is 0 Å². The molecule has 0 aliphatic heterocycles. The molecule has 0 bridgehead atoms. The third kappa shape index (κ3) is 35.7. The number of likely N-dealkylation sites (N-methyl/N-ethyl adjacent to an activating group) is 1. The average Bonchev–Trinajstić information content (AvgIpc) is 2.99. The monoisotopic (exact) mass is 652 g/mol. The van der Waals surface area contributed by atoms with Gasteiger partial charge in [-0.15, -0.1) is 0 Å². The highest BCUT2D eigenvalue weighted by molar-refractivity contribution is 5.70. The Bertz CT molecular complexity index is 663. The second kappa shape index (κ2) is 33.8. The van der Waals surface area contributed by atoms with E-state index in [0.29, 0.717) is 19.4 Å². The molecule has 0 rings (SSSR count). The standard InChI is InChI=1S/C41H81NO4/c1-37(2)31-27-23-19-15-11-7-9-13-17-21-25-29-33-40(43)45-36-39(35-42(5)6)46-41(44)34-30-26-22-18-14-10-8-12-16-20-24-28-32-38(3)4/h37-39H,7-36H2,1-6H3. The summed E-state index contributed by atoms with van der Waals surface area (Å²) in [6, 6.07) is 0. The molecule has 0 fully saturated rings. The molecule has 5 nitrogen and oxygen atoms in total. The van der Waals surface area contributed by atoms with Crippen LogP contribution in [0.2, 0.25) is 0 Å². The zero-order chi connectivity index (χ0) is 34.1. The largest absolute Gasteiger partial charge is 0.462 e. The van der Waals surface area contributed by atoms with E-state index < -0.39 is 6.10 Å². The van der Waals surface area contributed by atoms with Crippen molar-refractivity contribution < 1.29 is 19.1 Å². The number of unbranched alkanes of at least 4 members (excludes halogenated alkanes) is 22. The van der Waals surface area contributed by atoms with E-state index in [1.54, 1.807) is 0 Å². The van der Waals surface area contributed by atoms with Gasteiger partial charge < -0.3 is 14.4 Å². The lowest BCUT2D eigenvalue weighted by atomic mass is 10.0. The summed E-state index contributed by atoms with van der Waals surface area (Å²) in [5, 5.41) is 0. The molecule has 0 spiro atoms. The third-order valence-electron chi connectivity index (χ3n) is 9.12. The molecule has 0 N–H and O–H groups in total. The summed E-state index contributed by atoms with van der Waals surface area (Å²) < 4.78 is 11.2. The predicted octanol–water partition coefficient (Wildman–Crippen LogP) is 12.2. The van der Waals surface area contributed by atoms with Crippen LogP contribution in [-0.2, 0) is 19.1 Å². The van der Waals surface area contributed by atoms with Gasteiger partial charge in [-0.3, -0.25) is 9.59 Å². The SMILES string of the molecule is CC(C)CCCCCCCCCCCCCCC(=O)OCC(CN(C)C)OC(=O)CCCCCCCCCCCCCCC(C)C. The van der Waals surface area contributed by atoms with E-state index in [4.69, 9.17) is 9.47 Å². The van der Waals surface area contributed by atoms with Gasteiger partial charge in [-0.2, -0.15) is 0 Å². The van der Waals surface area contributed by atoms with E-state index in [-0.39, 0.29) is 18.5 Å². The molecule has 5 heteroatoms. The van der Waals surface area contributed by atoms with Crippen LogP contribution >= 0.6 is 0 Å². The van der Waals surface area contributed by atoms with Gasteiger partial charge in [0.2, 0.25) is 0 Å². The van der Waals surface area contributed by atoms with Crippen LogP contribution in [0.5, 0.6) is 0 Å². The van der Waals surface area contributed by atoms with Crippen LogP contribution in [-0.4, -0.2) is 50.2 Å². The molecule has 46 heavy (non-hydrogen) atoms. The van der Waals surface area contributed by atoms with Crippen LogP contribution in [0.4, 0.5) is 0 Å². The highest BCUT2D eigenvalue weighted by Crippen LogP contribution is 2.16. The van der Waals surface area contributed by atoms with E-state index in [9.17, 15) is 9.59 Å². The molecule has 0 aliphatic rings. The Morgan fingerprint density at radius 2 is 0.761 bits per heavy atom. The van der Waals surface area contributed by atoms with Crippen LogP contribution in [0.3, 0.4) is 0 Å². The zero-order valence-electron chi connectivity index (χ0n) is 32.0. The summed E-state index contributed by atoms with van der Waals surface area (Å²) >= 11 is 0. The first-order valence-electron chi connectivity index (χ1n) is 20.2. The molecule has 1 atom stereocenters. The van der Waals surface area contributed by atoms with Crippen molar-refractivity contribution in [1.29, 1.82) is 0 Å². The lowest BCUT2D eigenvalue weighted by Gasteiger charge is -2.21. The molecule has 0 radical (unpaired) electrons. The smallest absolute Gasteiger partial charge is 0.306 e. The molecular weight excluding hydrogens is 570 g/mol. The fourth-order valence-electron chi connectivity index (χ4n) is 6.21. The number of carbonyl (C=O) groups is 2. The molecule has 0 aliphatic carbocycles. The average molecular weight is 652 g/mol. The van der Waals surface area contributed by atoms with E-state index in [2.05, 4.69) is 27.7 Å². The highest BCUT2D eigenvalue weighted by Gasteiger charge is 2.18. The lowest BCUT2D eigenvalue weighted by molar-refractivity contribution is -0.160. The van der Waals surface area contributed by atoms with Gasteiger partial charge in [0.25, 0.3) is 0 Å². The van der Waals surface area contributed by atoms with Crippen molar-refractivity contribution >= 4 is 11.9 Å². The molecule has 274 valence electrons. The first kappa shape index (κ1) is 44.9. The first-order chi connectivity index (χ1) is 22.2. The number of esters is 2. The lowest BCUT2D eigenvalue weighted by Crippen LogP contribution is -2.34. The summed E-state index contributed by atoms with van der Waals surface area (Å²) in [4.78, 5) is 26.7. The first-order valence-corrected chi connectivity index (χ1v) is 20.2. The fourth-order valence-corrected chi connectivity index (χ4v) is 6.21. The number of rotatable bonds is 35. The van der Waals surface area contributed by atoms with Gasteiger partial charge in [0, 0.05) is 19.4 Å². The highest BCUT2D eigenvalue weighted by atomic mass is 16.6. The van der Waals surface area contributed by atoms with Crippen LogP contribution in [0.1, 0.15) is 207 Å². The number of carbonyl (C=O) groups excluding carboxylic acids is 2. The van der Waals surface area contributed by atoms with Crippen molar-refractivity contribution in [2.45, 2.75) is 214 Å². The minimum atomic E-state index is -0.401. The van der Waals surface area contributed by atoms with Gasteiger partial charge >= 0.3 is 11.9 Å². The van der Waals surface area contributed by atoms with Crippen molar-refractivity contribution in [2.75, 3.05) is 27.2 Å². The Kier molecular flexibility index (Phi) is 33.0. The number of hydrogen-bond acceptors (Lipinski definition) is 5. The Hall–Kier alpha value is -1.10. The Labute approximate surface area is 288 Å². The molecule has 0 aromatic rings. The Morgan fingerprint density at radius 1 is 0.457 bits per heavy atom. The van der Waals surface area contributed by atoms with Gasteiger partial charge in [-0.1, -0.05) is 182 Å². The molecule has 0 aromatic heterocycles. The van der Waals surface area contributed by atoms with Gasteiger partial charge in [-0.05, 0) is 38.8 Å². The number of nitrogens with zero attached hydrogens (tertiary/aromatic N) is 1. The van der Waals surface area contributed by atoms with Gasteiger partial charge in [0.15, 0.2) is 0 Å². The van der Waals surface area contributed by atoms with Gasteiger partial charge in [-0.25, -0.2) is 0 Å². The summed E-state index contributed by atoms with van der Waals surface area (Å²) in [5.41, 5.74) is 0.